The second-order valence-electron chi connectivity index (χ2n) is 7.24. The number of hydrogen-bond acceptors (Lipinski definition) is 4. The molecule has 0 saturated heterocycles. The molecule has 0 fully saturated rings. The SMILES string of the molecule is CCNC(=NCc1sc(C)nc1C)NC1CC(C)(C)Oc2ccccc21. The van der Waals surface area contributed by atoms with Crippen LogP contribution in [0.2, 0.25) is 0 Å². The first kappa shape index (κ1) is 18.7. The maximum Gasteiger partial charge on any atom is 0.192 e. The highest BCUT2D eigenvalue weighted by Gasteiger charge is 2.33. The first-order chi connectivity index (χ1) is 12.4. The van der Waals surface area contributed by atoms with Crippen LogP contribution < -0.4 is 15.4 Å². The number of ether oxygens (including phenoxy) is 1. The van der Waals surface area contributed by atoms with Gasteiger partial charge in [-0.2, -0.15) is 0 Å². The Balaban J connectivity index is 1.81. The normalized spacial score (nSPS) is 18.8. The van der Waals surface area contributed by atoms with Crippen molar-refractivity contribution in [3.8, 4) is 5.75 Å². The molecule has 140 valence electrons. The van der Waals surface area contributed by atoms with Crippen LogP contribution in [0.3, 0.4) is 0 Å². The van der Waals surface area contributed by atoms with E-state index in [1.54, 1.807) is 11.3 Å². The van der Waals surface area contributed by atoms with E-state index in [4.69, 9.17) is 9.73 Å². The number of guanidine groups is 1. The van der Waals surface area contributed by atoms with Gasteiger partial charge in [0.15, 0.2) is 5.96 Å². The minimum atomic E-state index is -0.214. The summed E-state index contributed by atoms with van der Waals surface area (Å²) in [4.78, 5) is 10.5. The van der Waals surface area contributed by atoms with Crippen molar-refractivity contribution < 1.29 is 4.74 Å². The Morgan fingerprint density at radius 2 is 2.12 bits per heavy atom. The summed E-state index contributed by atoms with van der Waals surface area (Å²) in [7, 11) is 0. The first-order valence-corrected chi connectivity index (χ1v) is 9.95. The van der Waals surface area contributed by atoms with Crippen LogP contribution in [0, 0.1) is 13.8 Å². The van der Waals surface area contributed by atoms with Gasteiger partial charge in [0.25, 0.3) is 0 Å². The van der Waals surface area contributed by atoms with Gasteiger partial charge in [-0.25, -0.2) is 9.98 Å². The molecular weight excluding hydrogens is 344 g/mol. The maximum absolute atomic E-state index is 6.13. The number of benzene rings is 1. The topological polar surface area (TPSA) is 58.5 Å². The summed E-state index contributed by atoms with van der Waals surface area (Å²) in [6, 6.07) is 8.41. The van der Waals surface area contributed by atoms with E-state index in [0.717, 1.165) is 35.4 Å². The van der Waals surface area contributed by atoms with Crippen LogP contribution in [-0.4, -0.2) is 23.1 Å². The largest absolute Gasteiger partial charge is 0.487 e. The molecule has 2 N–H and O–H groups in total. The van der Waals surface area contributed by atoms with E-state index >= 15 is 0 Å². The number of thiazole rings is 1. The molecule has 0 saturated carbocycles. The summed E-state index contributed by atoms with van der Waals surface area (Å²) in [6.07, 6.45) is 0.882. The Hall–Kier alpha value is -2.08. The fourth-order valence-corrected chi connectivity index (χ4v) is 4.15. The van der Waals surface area contributed by atoms with Crippen molar-refractivity contribution in [1.29, 1.82) is 0 Å². The lowest BCUT2D eigenvalue weighted by Gasteiger charge is -2.38. The van der Waals surface area contributed by atoms with Crippen molar-refractivity contribution in [1.82, 2.24) is 15.6 Å². The number of hydrogen-bond donors (Lipinski definition) is 2. The molecule has 2 heterocycles. The summed E-state index contributed by atoms with van der Waals surface area (Å²) in [5, 5.41) is 8.06. The minimum absolute atomic E-state index is 0.164. The van der Waals surface area contributed by atoms with Crippen LogP contribution in [0.5, 0.6) is 5.75 Å². The summed E-state index contributed by atoms with van der Waals surface area (Å²) in [5.74, 6) is 1.78. The molecule has 1 unspecified atom stereocenters. The molecule has 0 aliphatic carbocycles. The van der Waals surface area contributed by atoms with Crippen LogP contribution >= 0.6 is 11.3 Å². The quantitative estimate of drug-likeness (QED) is 0.626. The van der Waals surface area contributed by atoms with Gasteiger partial charge in [0.1, 0.15) is 11.4 Å². The van der Waals surface area contributed by atoms with E-state index < -0.39 is 0 Å². The fourth-order valence-electron chi connectivity index (χ4n) is 3.29. The Morgan fingerprint density at radius 3 is 2.81 bits per heavy atom. The molecule has 26 heavy (non-hydrogen) atoms. The highest BCUT2D eigenvalue weighted by atomic mass is 32.1. The Kier molecular flexibility index (Phi) is 5.51. The van der Waals surface area contributed by atoms with Crippen molar-refractivity contribution >= 4 is 17.3 Å². The van der Waals surface area contributed by atoms with Crippen molar-refractivity contribution in [2.75, 3.05) is 6.54 Å². The van der Waals surface area contributed by atoms with Crippen LogP contribution in [0.4, 0.5) is 0 Å². The van der Waals surface area contributed by atoms with Crippen LogP contribution in [0.25, 0.3) is 0 Å². The Labute approximate surface area is 159 Å². The molecule has 0 spiro atoms. The summed E-state index contributed by atoms with van der Waals surface area (Å²) < 4.78 is 6.13. The van der Waals surface area contributed by atoms with E-state index in [0.29, 0.717) is 6.54 Å². The molecule has 1 aliphatic rings. The summed E-state index contributed by atoms with van der Waals surface area (Å²) in [6.45, 7) is 11.9. The van der Waals surface area contributed by atoms with E-state index in [-0.39, 0.29) is 11.6 Å². The highest BCUT2D eigenvalue weighted by molar-refractivity contribution is 7.11. The van der Waals surface area contributed by atoms with Gasteiger partial charge >= 0.3 is 0 Å². The van der Waals surface area contributed by atoms with E-state index in [2.05, 4.69) is 48.5 Å². The van der Waals surface area contributed by atoms with Gasteiger partial charge in [0.05, 0.1) is 23.3 Å². The first-order valence-electron chi connectivity index (χ1n) is 9.13. The second kappa shape index (κ2) is 7.66. The molecule has 1 aromatic carbocycles. The predicted molar refractivity (Wildman–Crippen MR) is 108 cm³/mol. The Morgan fingerprint density at radius 1 is 1.35 bits per heavy atom. The zero-order chi connectivity index (χ0) is 18.7. The fraction of sp³-hybridized carbons (Fsp3) is 0.500. The second-order valence-corrected chi connectivity index (χ2v) is 8.53. The van der Waals surface area contributed by atoms with Crippen LogP contribution in [-0.2, 0) is 6.54 Å². The average Bonchev–Trinajstić information content (AvgIpc) is 2.89. The number of rotatable bonds is 4. The zero-order valence-electron chi connectivity index (χ0n) is 16.2. The van der Waals surface area contributed by atoms with E-state index in [1.165, 1.54) is 10.4 Å². The average molecular weight is 373 g/mol. The minimum Gasteiger partial charge on any atom is -0.487 e. The maximum atomic E-state index is 6.13. The smallest absolute Gasteiger partial charge is 0.192 e. The van der Waals surface area contributed by atoms with Gasteiger partial charge in [-0.15, -0.1) is 11.3 Å². The molecule has 6 heteroatoms. The van der Waals surface area contributed by atoms with Gasteiger partial charge < -0.3 is 15.4 Å². The number of aromatic nitrogens is 1. The molecule has 2 aromatic rings. The summed E-state index contributed by atoms with van der Waals surface area (Å²) >= 11 is 1.72. The number of nitrogens with zero attached hydrogens (tertiary/aromatic N) is 2. The van der Waals surface area contributed by atoms with Gasteiger partial charge in [-0.3, -0.25) is 0 Å². The standard InChI is InChI=1S/C20H28N4OS/c1-6-21-19(22-12-18-13(2)23-14(3)26-18)24-16-11-20(4,5)25-17-10-8-7-9-15(16)17/h7-10,16H,6,11-12H2,1-5H3,(H2,21,22,24). The third-order valence-electron chi connectivity index (χ3n) is 4.41. The zero-order valence-corrected chi connectivity index (χ0v) is 17.0. The molecule has 1 atom stereocenters. The number of aryl methyl sites for hydroxylation is 2. The number of para-hydroxylation sites is 1. The molecule has 0 bridgehead atoms. The molecule has 0 radical (unpaired) electrons. The van der Waals surface area contributed by atoms with Crippen LogP contribution in [0.15, 0.2) is 29.3 Å². The molecule has 3 rings (SSSR count). The number of aliphatic imine (C=N–C) groups is 1. The Bertz CT molecular complexity index is 797. The summed E-state index contributed by atoms with van der Waals surface area (Å²) in [5.41, 5.74) is 2.04. The van der Waals surface area contributed by atoms with E-state index in [1.807, 2.05) is 26.0 Å². The third-order valence-corrected chi connectivity index (χ3v) is 5.47. The number of nitrogens with one attached hydrogen (secondary N) is 2. The lowest BCUT2D eigenvalue weighted by molar-refractivity contribution is 0.0694. The van der Waals surface area contributed by atoms with Crippen molar-refractivity contribution in [3.63, 3.8) is 0 Å². The van der Waals surface area contributed by atoms with Gasteiger partial charge in [-0.1, -0.05) is 18.2 Å². The third kappa shape index (κ3) is 4.36. The highest BCUT2D eigenvalue weighted by Crippen LogP contribution is 2.39. The van der Waals surface area contributed by atoms with Gasteiger partial charge in [0.2, 0.25) is 0 Å². The van der Waals surface area contributed by atoms with Crippen molar-refractivity contribution in [2.45, 2.75) is 59.2 Å². The van der Waals surface area contributed by atoms with Crippen molar-refractivity contribution in [2.24, 2.45) is 4.99 Å². The van der Waals surface area contributed by atoms with Gasteiger partial charge in [-0.05, 0) is 40.7 Å². The molecular formula is C20H28N4OS. The number of fused-ring (bicyclic) bond motifs is 1. The lowest BCUT2D eigenvalue weighted by atomic mass is 9.90. The lowest BCUT2D eigenvalue weighted by Crippen LogP contribution is -2.45. The monoisotopic (exact) mass is 372 g/mol. The van der Waals surface area contributed by atoms with E-state index in [9.17, 15) is 0 Å². The van der Waals surface area contributed by atoms with Crippen LogP contribution in [0.1, 0.15) is 54.4 Å². The molecule has 5 nitrogen and oxygen atoms in total. The molecule has 0 amide bonds. The molecule has 1 aliphatic heterocycles. The van der Waals surface area contributed by atoms with Gasteiger partial charge in [0, 0.05) is 23.4 Å². The molecule has 1 aromatic heterocycles. The van der Waals surface area contributed by atoms with Crippen molar-refractivity contribution in [3.05, 3.63) is 45.4 Å². The predicted octanol–water partition coefficient (Wildman–Crippen LogP) is 4.12.